The Morgan fingerprint density at radius 1 is 1.23 bits per heavy atom. The highest BCUT2D eigenvalue weighted by molar-refractivity contribution is 5.89. The predicted molar refractivity (Wildman–Crippen MR) is 132 cm³/mol. The van der Waals surface area contributed by atoms with Crippen LogP contribution in [-0.4, -0.2) is 39.6 Å². The van der Waals surface area contributed by atoms with Crippen LogP contribution in [0.2, 0.25) is 0 Å². The van der Waals surface area contributed by atoms with Gasteiger partial charge in [-0.3, -0.25) is 9.59 Å². The number of amides is 2. The highest BCUT2D eigenvalue weighted by atomic mass is 16.5. The highest BCUT2D eigenvalue weighted by Crippen LogP contribution is 2.48. The Morgan fingerprint density at radius 3 is 2.49 bits per heavy atom. The van der Waals surface area contributed by atoms with Gasteiger partial charge in [0, 0.05) is 49.8 Å². The van der Waals surface area contributed by atoms with Gasteiger partial charge >= 0.3 is 0 Å². The summed E-state index contributed by atoms with van der Waals surface area (Å²) in [5, 5.41) is 15.6. The smallest absolute Gasteiger partial charge is 0.247 e. The molecule has 2 heterocycles. The number of terminal acetylenes is 1. The number of rotatable bonds is 12. The molecular formula is C27H39N5O3. The van der Waals surface area contributed by atoms with Gasteiger partial charge in [0.15, 0.2) is 5.66 Å². The number of carbonyl (C=O) groups excluding carboxylic acids is 2. The summed E-state index contributed by atoms with van der Waals surface area (Å²) in [7, 11) is 0. The van der Waals surface area contributed by atoms with E-state index in [-0.39, 0.29) is 30.3 Å². The van der Waals surface area contributed by atoms with Crippen molar-refractivity contribution in [3.05, 3.63) is 17.0 Å². The number of aromatic nitrogens is 1. The van der Waals surface area contributed by atoms with Gasteiger partial charge in [0.2, 0.25) is 11.8 Å². The van der Waals surface area contributed by atoms with E-state index < -0.39 is 11.7 Å². The van der Waals surface area contributed by atoms with E-state index in [0.29, 0.717) is 43.1 Å². The summed E-state index contributed by atoms with van der Waals surface area (Å²) in [6, 6.07) is -0.773. The van der Waals surface area contributed by atoms with Crippen molar-refractivity contribution in [1.29, 1.82) is 0 Å². The maximum absolute atomic E-state index is 13.9. The van der Waals surface area contributed by atoms with Crippen molar-refractivity contribution in [3.8, 4) is 12.3 Å². The molecule has 2 aliphatic carbocycles. The molecule has 0 radical (unpaired) electrons. The summed E-state index contributed by atoms with van der Waals surface area (Å²) >= 11 is 0. The lowest BCUT2D eigenvalue weighted by atomic mass is 9.64. The van der Waals surface area contributed by atoms with Gasteiger partial charge in [0.25, 0.3) is 0 Å². The first kappa shape index (κ1) is 25.4. The number of hydrogen-bond donors (Lipinski definition) is 1. The number of hydrogen-bond acceptors (Lipinski definition) is 6. The maximum Gasteiger partial charge on any atom is 0.247 e. The molecule has 4 rings (SSSR count). The van der Waals surface area contributed by atoms with Crippen molar-refractivity contribution in [2.45, 2.75) is 116 Å². The van der Waals surface area contributed by atoms with Crippen LogP contribution in [-0.2, 0) is 16.0 Å². The van der Waals surface area contributed by atoms with Crippen LogP contribution in [0.5, 0.6) is 0 Å². The molecule has 8 nitrogen and oxygen atoms in total. The summed E-state index contributed by atoms with van der Waals surface area (Å²) in [6.45, 7) is 7.70. The third kappa shape index (κ3) is 5.44. The van der Waals surface area contributed by atoms with Gasteiger partial charge in [-0.1, -0.05) is 31.3 Å². The fourth-order valence-corrected chi connectivity index (χ4v) is 5.60. The van der Waals surface area contributed by atoms with Crippen molar-refractivity contribution in [3.63, 3.8) is 0 Å². The van der Waals surface area contributed by atoms with E-state index in [2.05, 4.69) is 26.6 Å². The minimum Gasteiger partial charge on any atom is -0.361 e. The Morgan fingerprint density at radius 2 is 1.94 bits per heavy atom. The third-order valence-electron chi connectivity index (χ3n) is 7.97. The van der Waals surface area contributed by atoms with E-state index in [1.807, 2.05) is 32.6 Å². The van der Waals surface area contributed by atoms with Crippen molar-refractivity contribution < 1.29 is 14.1 Å². The Kier molecular flexibility index (Phi) is 7.63. The summed E-state index contributed by atoms with van der Waals surface area (Å²) < 4.78 is 5.58. The molecule has 1 unspecified atom stereocenters. The van der Waals surface area contributed by atoms with Crippen molar-refractivity contribution >= 4 is 11.8 Å². The molecule has 35 heavy (non-hydrogen) atoms. The molecule has 1 aromatic rings. The quantitative estimate of drug-likeness (QED) is 0.430. The number of aryl methyl sites for hydroxylation is 2. The lowest BCUT2D eigenvalue weighted by Gasteiger charge is -2.50. The van der Waals surface area contributed by atoms with Gasteiger partial charge in [0.05, 0.1) is 5.69 Å². The van der Waals surface area contributed by atoms with Crippen LogP contribution in [0.3, 0.4) is 0 Å². The first-order valence-corrected chi connectivity index (χ1v) is 13.2. The lowest BCUT2D eigenvalue weighted by molar-refractivity contribution is -0.148. The van der Waals surface area contributed by atoms with E-state index in [1.54, 1.807) is 0 Å². The summed E-state index contributed by atoms with van der Waals surface area (Å²) in [6.07, 6.45) is 13.8. The monoisotopic (exact) mass is 481 g/mol. The average molecular weight is 482 g/mol. The Hall–Kier alpha value is -2.69. The van der Waals surface area contributed by atoms with E-state index in [9.17, 15) is 9.59 Å². The van der Waals surface area contributed by atoms with Gasteiger partial charge in [-0.15, -0.1) is 12.3 Å². The second kappa shape index (κ2) is 10.5. The van der Waals surface area contributed by atoms with Crippen LogP contribution in [0, 0.1) is 31.1 Å². The zero-order valence-electron chi connectivity index (χ0n) is 21.5. The van der Waals surface area contributed by atoms with Gasteiger partial charge in [-0.05, 0) is 45.4 Å². The van der Waals surface area contributed by atoms with E-state index in [1.165, 1.54) is 19.3 Å². The zero-order valence-corrected chi connectivity index (χ0v) is 21.5. The maximum atomic E-state index is 13.9. The van der Waals surface area contributed by atoms with Crippen molar-refractivity contribution in [2.24, 2.45) is 22.1 Å². The van der Waals surface area contributed by atoms with Gasteiger partial charge in [0.1, 0.15) is 11.8 Å². The standard InChI is InChI=1S/C27H39N5O3/c1-6-8-13-27(30-31-27)14-12-23(33)32(21-15-20(16-21)19-10-9-11-19)25(26(34)28-17(3)4)24-18(5)29-35-22(24)7-2/h1,17,19-21,25H,7-16H2,2-5H3,(H,28,34). The molecule has 0 spiro atoms. The molecule has 8 heteroatoms. The highest BCUT2D eigenvalue weighted by Gasteiger charge is 2.48. The second-order valence-corrected chi connectivity index (χ2v) is 10.8. The fraction of sp³-hybridized carbons (Fsp3) is 0.741. The molecule has 0 aromatic carbocycles. The zero-order chi connectivity index (χ0) is 25.2. The Labute approximate surface area is 208 Å². The van der Waals surface area contributed by atoms with E-state index in [0.717, 1.165) is 24.3 Å². The van der Waals surface area contributed by atoms with Crippen molar-refractivity contribution in [1.82, 2.24) is 15.4 Å². The molecule has 0 saturated heterocycles. The summed E-state index contributed by atoms with van der Waals surface area (Å²) in [5.41, 5.74) is 0.865. The third-order valence-corrected chi connectivity index (χ3v) is 7.97. The van der Waals surface area contributed by atoms with Crippen LogP contribution in [0.4, 0.5) is 0 Å². The molecule has 1 N–H and O–H groups in total. The topological polar surface area (TPSA) is 100 Å². The predicted octanol–water partition coefficient (Wildman–Crippen LogP) is 4.87. The normalized spacial score (nSPS) is 23.2. The van der Waals surface area contributed by atoms with E-state index in [4.69, 9.17) is 10.9 Å². The van der Waals surface area contributed by atoms with Crippen LogP contribution in [0.25, 0.3) is 0 Å². The van der Waals surface area contributed by atoms with Gasteiger partial charge in [-0.2, -0.15) is 10.2 Å². The van der Waals surface area contributed by atoms with Crippen LogP contribution in [0.15, 0.2) is 14.8 Å². The average Bonchev–Trinajstić information content (AvgIpc) is 3.44. The van der Waals surface area contributed by atoms with Crippen molar-refractivity contribution in [2.75, 3.05) is 0 Å². The molecule has 1 atom stereocenters. The molecule has 2 amide bonds. The molecule has 1 aromatic heterocycles. The van der Waals surface area contributed by atoms with Crippen LogP contribution >= 0.6 is 0 Å². The Bertz CT molecular complexity index is 991. The second-order valence-electron chi connectivity index (χ2n) is 10.8. The largest absolute Gasteiger partial charge is 0.361 e. The number of carbonyl (C=O) groups is 2. The minimum absolute atomic E-state index is 0.0322. The van der Waals surface area contributed by atoms with E-state index >= 15 is 0 Å². The molecule has 2 saturated carbocycles. The number of nitrogens with one attached hydrogen (secondary N) is 1. The Balaban J connectivity index is 1.61. The SMILES string of the molecule is C#CCCC1(CCC(=O)N(C2CC(C3CCC3)C2)C(C(=O)NC(C)C)c2c(C)noc2CC)N=N1. The lowest BCUT2D eigenvalue weighted by Crippen LogP contribution is -2.55. The van der Waals surface area contributed by atoms with Crippen LogP contribution in [0.1, 0.15) is 102 Å². The minimum atomic E-state index is -0.756. The van der Waals surface area contributed by atoms with Crippen LogP contribution < -0.4 is 5.32 Å². The molecule has 1 aliphatic heterocycles. The summed E-state index contributed by atoms with van der Waals surface area (Å²) in [4.78, 5) is 29.4. The molecule has 0 bridgehead atoms. The molecule has 2 fully saturated rings. The van der Waals surface area contributed by atoms with Gasteiger partial charge < -0.3 is 14.7 Å². The molecule has 190 valence electrons. The van der Waals surface area contributed by atoms with Gasteiger partial charge in [-0.25, -0.2) is 0 Å². The fourth-order valence-electron chi connectivity index (χ4n) is 5.60. The summed E-state index contributed by atoms with van der Waals surface area (Å²) in [5.74, 6) is 4.50. The molecule has 3 aliphatic rings. The first-order chi connectivity index (χ1) is 16.8. The number of nitrogens with zero attached hydrogens (tertiary/aromatic N) is 4. The first-order valence-electron chi connectivity index (χ1n) is 13.2. The molecular weight excluding hydrogens is 442 g/mol.